The van der Waals surface area contributed by atoms with E-state index in [1.165, 1.54) is 36.8 Å². The van der Waals surface area contributed by atoms with Gasteiger partial charge in [-0.2, -0.15) is 13.2 Å². The molecule has 6 nitrogen and oxygen atoms in total. The number of alkyl halides is 3. The van der Waals surface area contributed by atoms with Crippen molar-refractivity contribution in [3.8, 4) is 0 Å². The Morgan fingerprint density at radius 2 is 2.03 bits per heavy atom. The second-order valence-corrected chi connectivity index (χ2v) is 7.83. The molecule has 1 aliphatic rings. The maximum absolute atomic E-state index is 13.9. The fourth-order valence-electron chi connectivity index (χ4n) is 3.15. The molecule has 0 spiro atoms. The van der Waals surface area contributed by atoms with Crippen molar-refractivity contribution in [2.75, 3.05) is 19.4 Å². The number of hydrogen-bond acceptors (Lipinski definition) is 5. The highest BCUT2D eigenvalue weighted by Gasteiger charge is 2.36. The third-order valence-electron chi connectivity index (χ3n) is 4.56. The highest BCUT2D eigenvalue weighted by atomic mass is 32.2. The van der Waals surface area contributed by atoms with Crippen molar-refractivity contribution in [1.29, 1.82) is 0 Å². The third-order valence-corrected chi connectivity index (χ3v) is 5.81. The monoisotopic (exact) mass is 450 g/mol. The van der Waals surface area contributed by atoms with Crippen LogP contribution in [-0.2, 0) is 25.3 Å². The zero-order valence-electron chi connectivity index (χ0n) is 16.4. The summed E-state index contributed by atoms with van der Waals surface area (Å²) in [5, 5.41) is 1.91. The Morgan fingerprint density at radius 3 is 2.60 bits per heavy atom. The van der Waals surface area contributed by atoms with Crippen LogP contribution >= 0.6 is 11.8 Å². The number of methoxy groups -OCH3 is 1. The minimum atomic E-state index is -4.79. The topological polar surface area (TPSA) is 75.7 Å². The van der Waals surface area contributed by atoms with Gasteiger partial charge in [0.2, 0.25) is 11.8 Å². The number of thioether (sulfide) groups is 1. The van der Waals surface area contributed by atoms with Crippen LogP contribution in [0.1, 0.15) is 42.7 Å². The molecule has 1 saturated heterocycles. The average Bonchev–Trinajstić information content (AvgIpc) is 3.02. The molecule has 0 bridgehead atoms. The number of unbranched alkanes of at least 4 members (excludes halogenated alkanes) is 1. The van der Waals surface area contributed by atoms with Crippen molar-refractivity contribution < 1.29 is 36.7 Å². The zero-order chi connectivity index (χ0) is 22.5. The number of carbonyl (C=O) groups is 3. The Kier molecular flexibility index (Phi) is 8.10. The highest BCUT2D eigenvalue weighted by molar-refractivity contribution is 8.00. The van der Waals surface area contributed by atoms with E-state index in [0.717, 1.165) is 6.07 Å². The number of benzene rings is 1. The maximum atomic E-state index is 13.9. The minimum Gasteiger partial charge on any atom is -0.467 e. The summed E-state index contributed by atoms with van der Waals surface area (Å²) in [7, 11) is 1.21. The zero-order valence-corrected chi connectivity index (χ0v) is 17.2. The van der Waals surface area contributed by atoms with Crippen LogP contribution < -0.4 is 5.32 Å². The number of rotatable bonds is 8. The van der Waals surface area contributed by atoms with E-state index in [2.05, 4.69) is 10.1 Å². The molecule has 2 rings (SSSR count). The number of nitrogens with zero attached hydrogens (tertiary/aromatic N) is 1. The van der Waals surface area contributed by atoms with Gasteiger partial charge in [0, 0.05) is 13.5 Å². The van der Waals surface area contributed by atoms with Crippen LogP contribution in [0.5, 0.6) is 0 Å². The van der Waals surface area contributed by atoms with E-state index in [4.69, 9.17) is 0 Å². The molecular formula is C19H22F4N2O4S. The van der Waals surface area contributed by atoms with Gasteiger partial charge in [0.1, 0.15) is 17.2 Å². The molecule has 2 unspecified atom stereocenters. The first kappa shape index (κ1) is 24.0. The Hall–Kier alpha value is -2.30. The molecule has 2 atom stereocenters. The van der Waals surface area contributed by atoms with Crippen LogP contribution in [0.2, 0.25) is 0 Å². The number of amides is 2. The fraction of sp³-hybridized carbons (Fsp3) is 0.526. The van der Waals surface area contributed by atoms with Crippen LogP contribution in [0.3, 0.4) is 0 Å². The number of esters is 1. The lowest BCUT2D eigenvalue weighted by Gasteiger charge is -2.25. The maximum Gasteiger partial charge on any atom is 0.419 e. The van der Waals surface area contributed by atoms with Crippen molar-refractivity contribution in [2.24, 2.45) is 0 Å². The van der Waals surface area contributed by atoms with E-state index in [1.54, 1.807) is 0 Å². The summed E-state index contributed by atoms with van der Waals surface area (Å²) in [6, 6.07) is 1.88. The van der Waals surface area contributed by atoms with Crippen molar-refractivity contribution in [3.63, 3.8) is 0 Å². The predicted octanol–water partition coefficient (Wildman–Crippen LogP) is 3.27. The van der Waals surface area contributed by atoms with Crippen molar-refractivity contribution in [1.82, 2.24) is 10.2 Å². The van der Waals surface area contributed by atoms with Gasteiger partial charge < -0.3 is 15.0 Å². The molecule has 2 amide bonds. The molecule has 1 aromatic rings. The first-order valence-corrected chi connectivity index (χ1v) is 10.2. The number of halogens is 4. The summed E-state index contributed by atoms with van der Waals surface area (Å²) in [5.41, 5.74) is -1.07. The van der Waals surface area contributed by atoms with Gasteiger partial charge in [-0.1, -0.05) is 6.07 Å². The summed E-state index contributed by atoms with van der Waals surface area (Å²) in [4.78, 5) is 36.6. The van der Waals surface area contributed by atoms with E-state index in [1.807, 2.05) is 0 Å². The smallest absolute Gasteiger partial charge is 0.419 e. The number of nitrogens with one attached hydrogen (secondary N) is 1. The minimum absolute atomic E-state index is 0.143. The molecule has 11 heteroatoms. The Labute approximate surface area is 175 Å². The molecule has 1 N–H and O–H groups in total. The molecule has 1 aliphatic heterocycles. The third kappa shape index (κ3) is 6.10. The number of hydrogen-bond donors (Lipinski definition) is 1. The Morgan fingerprint density at radius 1 is 1.33 bits per heavy atom. The van der Waals surface area contributed by atoms with Crippen LogP contribution in [0, 0.1) is 5.82 Å². The normalized spacial score (nSPS) is 17.7. The van der Waals surface area contributed by atoms with E-state index in [9.17, 15) is 31.9 Å². The van der Waals surface area contributed by atoms with Crippen LogP contribution in [0.15, 0.2) is 18.2 Å². The molecule has 30 heavy (non-hydrogen) atoms. The summed E-state index contributed by atoms with van der Waals surface area (Å²) in [6.07, 6.45) is -3.51. The number of ether oxygens (including phenoxy) is 1. The van der Waals surface area contributed by atoms with Gasteiger partial charge in [-0.15, -0.1) is 11.8 Å². The summed E-state index contributed by atoms with van der Waals surface area (Å²) < 4.78 is 56.8. The second kappa shape index (κ2) is 10.1. The Bertz CT molecular complexity index is 803. The van der Waals surface area contributed by atoms with Gasteiger partial charge in [-0.05, 0) is 37.0 Å². The second-order valence-electron chi connectivity index (χ2n) is 6.76. The summed E-state index contributed by atoms with van der Waals surface area (Å²) in [6.45, 7) is 1.57. The van der Waals surface area contributed by atoms with Gasteiger partial charge in [0.15, 0.2) is 0 Å². The molecule has 0 aromatic heterocycles. The number of carbonyl (C=O) groups excluding carboxylic acids is 3. The van der Waals surface area contributed by atoms with Crippen molar-refractivity contribution in [2.45, 2.75) is 43.8 Å². The van der Waals surface area contributed by atoms with Gasteiger partial charge >= 0.3 is 12.1 Å². The lowest BCUT2D eigenvalue weighted by Crippen LogP contribution is -2.40. The van der Waals surface area contributed by atoms with Gasteiger partial charge in [0.05, 0.1) is 18.4 Å². The molecular weight excluding hydrogens is 428 g/mol. The molecule has 0 radical (unpaired) electrons. The van der Waals surface area contributed by atoms with Crippen molar-refractivity contribution in [3.05, 3.63) is 35.1 Å². The largest absolute Gasteiger partial charge is 0.467 e. The molecule has 1 aromatic carbocycles. The van der Waals surface area contributed by atoms with Crippen LogP contribution in [-0.4, -0.2) is 48.1 Å². The first-order valence-electron chi connectivity index (χ1n) is 9.17. The average molecular weight is 450 g/mol. The van der Waals surface area contributed by atoms with Gasteiger partial charge in [-0.25, -0.2) is 9.18 Å². The summed E-state index contributed by atoms with van der Waals surface area (Å²) >= 11 is 1.21. The quantitative estimate of drug-likeness (QED) is 0.374. The van der Waals surface area contributed by atoms with E-state index in [0.29, 0.717) is 25.3 Å². The van der Waals surface area contributed by atoms with E-state index in [-0.39, 0.29) is 29.7 Å². The predicted molar refractivity (Wildman–Crippen MR) is 102 cm³/mol. The highest BCUT2D eigenvalue weighted by Crippen LogP contribution is 2.40. The van der Waals surface area contributed by atoms with Gasteiger partial charge in [0.25, 0.3) is 0 Å². The molecule has 166 valence electrons. The van der Waals surface area contributed by atoms with E-state index < -0.39 is 34.9 Å². The molecule has 1 heterocycles. The Balaban J connectivity index is 1.99. The first-order chi connectivity index (χ1) is 14.0. The van der Waals surface area contributed by atoms with Crippen LogP contribution in [0.25, 0.3) is 0 Å². The van der Waals surface area contributed by atoms with Gasteiger partial charge in [-0.3, -0.25) is 9.59 Å². The fourth-order valence-corrected chi connectivity index (χ4v) is 4.36. The lowest BCUT2D eigenvalue weighted by molar-refractivity contribution is -0.145. The van der Waals surface area contributed by atoms with E-state index >= 15 is 0 Å². The van der Waals surface area contributed by atoms with Crippen molar-refractivity contribution >= 4 is 29.5 Å². The molecule has 0 aliphatic carbocycles. The lowest BCUT2D eigenvalue weighted by atomic mass is 10.1. The standard InChI is InChI=1S/C19H22F4N2O4S/c1-11(26)24-15(18(28)29-2)5-3-4-8-25-16(27)10-30-17(25)12-6-7-13(14(20)9-12)19(21,22)23/h6-7,9,15,17H,3-5,8,10H2,1-2H3,(H,24,26). The molecule has 0 saturated carbocycles. The van der Waals surface area contributed by atoms with Crippen LogP contribution in [0.4, 0.5) is 17.6 Å². The summed E-state index contributed by atoms with van der Waals surface area (Å²) in [5.74, 6) is -2.38. The SMILES string of the molecule is COC(=O)C(CCCCN1C(=O)CSC1c1ccc(C(F)(F)F)c(F)c1)NC(C)=O. The molecule has 1 fully saturated rings.